The average Bonchev–Trinajstić information content (AvgIpc) is 2.54. The normalized spacial score (nSPS) is 11.6. The quantitative estimate of drug-likeness (QED) is 0.813. The standard InChI is InChI=1S/C18H18ClNO3/c1-13(14-6-3-2-4-7-14)10-18(22)23-12-17(21)20-16-9-5-8-15(19)11-16/h2-9,11,13H,10,12H2,1H3,(H,20,21)/t13-/m1/s1. The van der Waals surface area contributed by atoms with E-state index in [0.717, 1.165) is 5.56 Å². The van der Waals surface area contributed by atoms with E-state index in [2.05, 4.69) is 5.32 Å². The first-order chi connectivity index (χ1) is 11.0. The van der Waals surface area contributed by atoms with Crippen molar-refractivity contribution in [2.45, 2.75) is 19.3 Å². The minimum absolute atomic E-state index is 0.0414. The molecule has 0 spiro atoms. The number of anilines is 1. The number of hydrogen-bond donors (Lipinski definition) is 1. The molecule has 0 aliphatic carbocycles. The molecule has 23 heavy (non-hydrogen) atoms. The van der Waals surface area contributed by atoms with Crippen molar-refractivity contribution in [1.82, 2.24) is 0 Å². The van der Waals surface area contributed by atoms with Crippen LogP contribution in [0.5, 0.6) is 0 Å². The van der Waals surface area contributed by atoms with Gasteiger partial charge in [-0.15, -0.1) is 0 Å². The van der Waals surface area contributed by atoms with Crippen molar-refractivity contribution in [2.75, 3.05) is 11.9 Å². The van der Waals surface area contributed by atoms with Crippen molar-refractivity contribution in [3.63, 3.8) is 0 Å². The van der Waals surface area contributed by atoms with Gasteiger partial charge in [-0.2, -0.15) is 0 Å². The lowest BCUT2D eigenvalue weighted by Gasteiger charge is -2.11. The first-order valence-electron chi connectivity index (χ1n) is 7.30. The summed E-state index contributed by atoms with van der Waals surface area (Å²) in [6.07, 6.45) is 0.231. The van der Waals surface area contributed by atoms with Crippen molar-refractivity contribution in [3.8, 4) is 0 Å². The highest BCUT2D eigenvalue weighted by Crippen LogP contribution is 2.19. The summed E-state index contributed by atoms with van der Waals surface area (Å²) < 4.78 is 5.01. The molecule has 0 aromatic heterocycles. The van der Waals surface area contributed by atoms with Crippen LogP contribution in [0.3, 0.4) is 0 Å². The fourth-order valence-electron chi connectivity index (χ4n) is 2.12. The van der Waals surface area contributed by atoms with Crippen molar-refractivity contribution in [3.05, 3.63) is 65.2 Å². The number of rotatable bonds is 6. The van der Waals surface area contributed by atoms with Crippen LogP contribution in [0.4, 0.5) is 5.69 Å². The first-order valence-corrected chi connectivity index (χ1v) is 7.68. The molecule has 5 heteroatoms. The van der Waals surface area contributed by atoms with E-state index in [9.17, 15) is 9.59 Å². The molecule has 1 amide bonds. The Balaban J connectivity index is 1.76. The van der Waals surface area contributed by atoms with E-state index < -0.39 is 11.9 Å². The van der Waals surface area contributed by atoms with Crippen LogP contribution >= 0.6 is 11.6 Å². The van der Waals surface area contributed by atoms with Crippen LogP contribution in [-0.2, 0) is 14.3 Å². The molecule has 0 heterocycles. The fourth-order valence-corrected chi connectivity index (χ4v) is 2.31. The molecule has 0 fully saturated rings. The van der Waals surface area contributed by atoms with Crippen LogP contribution in [0.1, 0.15) is 24.8 Å². The van der Waals surface area contributed by atoms with Crippen LogP contribution in [-0.4, -0.2) is 18.5 Å². The van der Waals surface area contributed by atoms with Crippen LogP contribution in [0.2, 0.25) is 5.02 Å². The summed E-state index contributed by atoms with van der Waals surface area (Å²) in [5, 5.41) is 3.15. The van der Waals surface area contributed by atoms with Gasteiger partial charge in [0.25, 0.3) is 5.91 Å². The summed E-state index contributed by atoms with van der Waals surface area (Å²) >= 11 is 5.83. The average molecular weight is 332 g/mol. The topological polar surface area (TPSA) is 55.4 Å². The second-order valence-corrected chi connectivity index (χ2v) is 5.67. The molecular formula is C18H18ClNO3. The van der Waals surface area contributed by atoms with Crippen molar-refractivity contribution >= 4 is 29.2 Å². The molecule has 4 nitrogen and oxygen atoms in total. The molecule has 120 valence electrons. The Bertz CT molecular complexity index is 673. The third kappa shape index (κ3) is 5.75. The number of amides is 1. The van der Waals surface area contributed by atoms with Gasteiger partial charge in [0, 0.05) is 10.7 Å². The Morgan fingerprint density at radius 2 is 1.87 bits per heavy atom. The van der Waals surface area contributed by atoms with Gasteiger partial charge < -0.3 is 10.1 Å². The lowest BCUT2D eigenvalue weighted by Crippen LogP contribution is -2.21. The summed E-state index contributed by atoms with van der Waals surface area (Å²) in [5.74, 6) is -0.754. The van der Waals surface area contributed by atoms with Crippen molar-refractivity contribution < 1.29 is 14.3 Å². The van der Waals surface area contributed by atoms with E-state index in [-0.39, 0.29) is 18.9 Å². The van der Waals surface area contributed by atoms with Gasteiger partial charge in [0.1, 0.15) is 0 Å². The molecular weight excluding hydrogens is 314 g/mol. The summed E-state index contributed by atoms with van der Waals surface area (Å²) in [5.41, 5.74) is 1.63. The number of hydrogen-bond acceptors (Lipinski definition) is 3. The zero-order chi connectivity index (χ0) is 16.7. The number of carbonyl (C=O) groups is 2. The largest absolute Gasteiger partial charge is 0.456 e. The van der Waals surface area contributed by atoms with Gasteiger partial charge in [-0.3, -0.25) is 9.59 Å². The number of esters is 1. The summed E-state index contributed by atoms with van der Waals surface area (Å²) in [4.78, 5) is 23.6. The number of ether oxygens (including phenoxy) is 1. The van der Waals surface area contributed by atoms with Gasteiger partial charge in [-0.25, -0.2) is 0 Å². The molecule has 0 saturated carbocycles. The van der Waals surface area contributed by atoms with Gasteiger partial charge >= 0.3 is 5.97 Å². The molecule has 0 unspecified atom stereocenters. The van der Waals surface area contributed by atoms with E-state index in [1.807, 2.05) is 37.3 Å². The summed E-state index contributed by atoms with van der Waals surface area (Å²) in [7, 11) is 0. The predicted octanol–water partition coefficient (Wildman–Crippen LogP) is 4.02. The van der Waals surface area contributed by atoms with Crippen LogP contribution in [0.25, 0.3) is 0 Å². The zero-order valence-corrected chi connectivity index (χ0v) is 13.5. The Kier molecular flexibility index (Phi) is 6.18. The molecule has 0 radical (unpaired) electrons. The van der Waals surface area contributed by atoms with E-state index in [0.29, 0.717) is 10.7 Å². The zero-order valence-electron chi connectivity index (χ0n) is 12.8. The Morgan fingerprint density at radius 1 is 1.13 bits per heavy atom. The lowest BCUT2D eigenvalue weighted by atomic mass is 9.98. The number of carbonyl (C=O) groups excluding carboxylic acids is 2. The maximum absolute atomic E-state index is 11.8. The molecule has 1 N–H and O–H groups in total. The summed E-state index contributed by atoms with van der Waals surface area (Å²) in [6.45, 7) is 1.63. The number of benzene rings is 2. The minimum Gasteiger partial charge on any atom is -0.456 e. The maximum atomic E-state index is 11.8. The van der Waals surface area contributed by atoms with Crippen LogP contribution < -0.4 is 5.32 Å². The fraction of sp³-hybridized carbons (Fsp3) is 0.222. The van der Waals surface area contributed by atoms with Crippen LogP contribution in [0, 0.1) is 0 Å². The van der Waals surface area contributed by atoms with E-state index in [1.165, 1.54) is 0 Å². The highest BCUT2D eigenvalue weighted by atomic mass is 35.5. The maximum Gasteiger partial charge on any atom is 0.306 e. The third-order valence-electron chi connectivity index (χ3n) is 3.31. The Hall–Kier alpha value is -2.33. The van der Waals surface area contributed by atoms with Gasteiger partial charge in [0.2, 0.25) is 0 Å². The highest BCUT2D eigenvalue weighted by molar-refractivity contribution is 6.30. The lowest BCUT2D eigenvalue weighted by molar-refractivity contribution is -0.147. The molecule has 0 bridgehead atoms. The monoisotopic (exact) mass is 331 g/mol. The molecule has 0 aliphatic heterocycles. The summed E-state index contributed by atoms with van der Waals surface area (Å²) in [6, 6.07) is 16.5. The SMILES string of the molecule is C[C@H](CC(=O)OCC(=O)Nc1cccc(Cl)c1)c1ccccc1. The van der Waals surface area contributed by atoms with Crippen molar-refractivity contribution in [1.29, 1.82) is 0 Å². The molecule has 0 aliphatic rings. The second kappa shape index (κ2) is 8.34. The predicted molar refractivity (Wildman–Crippen MR) is 90.5 cm³/mol. The van der Waals surface area contributed by atoms with Gasteiger partial charge in [0.15, 0.2) is 6.61 Å². The smallest absolute Gasteiger partial charge is 0.306 e. The number of halogens is 1. The third-order valence-corrected chi connectivity index (χ3v) is 3.55. The molecule has 2 rings (SSSR count). The van der Waals surface area contributed by atoms with Crippen LogP contribution in [0.15, 0.2) is 54.6 Å². The highest BCUT2D eigenvalue weighted by Gasteiger charge is 2.13. The van der Waals surface area contributed by atoms with E-state index in [4.69, 9.17) is 16.3 Å². The number of nitrogens with one attached hydrogen (secondary N) is 1. The van der Waals surface area contributed by atoms with E-state index >= 15 is 0 Å². The van der Waals surface area contributed by atoms with Crippen molar-refractivity contribution in [2.24, 2.45) is 0 Å². The Morgan fingerprint density at radius 3 is 2.57 bits per heavy atom. The molecule has 2 aromatic carbocycles. The molecule has 0 saturated heterocycles. The second-order valence-electron chi connectivity index (χ2n) is 5.24. The molecule has 1 atom stereocenters. The Labute approximate surface area is 140 Å². The first kappa shape index (κ1) is 17.0. The molecule has 2 aromatic rings. The minimum atomic E-state index is -0.400. The van der Waals surface area contributed by atoms with Gasteiger partial charge in [0.05, 0.1) is 6.42 Å². The van der Waals surface area contributed by atoms with Gasteiger partial charge in [-0.05, 0) is 29.7 Å². The van der Waals surface area contributed by atoms with E-state index in [1.54, 1.807) is 24.3 Å². The van der Waals surface area contributed by atoms with Gasteiger partial charge in [-0.1, -0.05) is 54.9 Å².